The fourth-order valence-corrected chi connectivity index (χ4v) is 3.79. The van der Waals surface area contributed by atoms with Gasteiger partial charge < -0.3 is 20.1 Å². The van der Waals surface area contributed by atoms with Crippen LogP contribution in [0.15, 0.2) is 71.5 Å². The first-order valence-electron chi connectivity index (χ1n) is 10.7. The van der Waals surface area contributed by atoms with Crippen LogP contribution in [0.2, 0.25) is 0 Å². The van der Waals surface area contributed by atoms with Crippen LogP contribution in [0.4, 0.5) is 16.2 Å². The molecular formula is C25H22N4O4. The summed E-state index contributed by atoms with van der Waals surface area (Å²) < 4.78 is 11.3. The third kappa shape index (κ3) is 4.64. The summed E-state index contributed by atoms with van der Waals surface area (Å²) >= 11 is 0. The number of aromatic amines is 1. The van der Waals surface area contributed by atoms with Crippen molar-refractivity contribution in [2.75, 3.05) is 23.8 Å². The van der Waals surface area contributed by atoms with E-state index >= 15 is 0 Å². The van der Waals surface area contributed by atoms with Crippen LogP contribution in [0.5, 0.6) is 11.5 Å². The van der Waals surface area contributed by atoms with Gasteiger partial charge in [0.2, 0.25) is 0 Å². The van der Waals surface area contributed by atoms with E-state index < -0.39 is 0 Å². The van der Waals surface area contributed by atoms with Crippen LogP contribution in [0.1, 0.15) is 17.7 Å². The Kier molecular flexibility index (Phi) is 5.63. The van der Waals surface area contributed by atoms with Gasteiger partial charge in [-0.1, -0.05) is 30.3 Å². The van der Waals surface area contributed by atoms with E-state index in [1.54, 1.807) is 24.3 Å². The molecule has 4 aromatic rings. The number of anilines is 2. The zero-order chi connectivity index (χ0) is 22.6. The zero-order valence-electron chi connectivity index (χ0n) is 17.8. The molecule has 2 amide bonds. The van der Waals surface area contributed by atoms with Crippen molar-refractivity contribution in [2.45, 2.75) is 12.8 Å². The summed E-state index contributed by atoms with van der Waals surface area (Å²) in [5, 5.41) is 13.9. The third-order valence-electron chi connectivity index (χ3n) is 5.34. The summed E-state index contributed by atoms with van der Waals surface area (Å²) in [6, 6.07) is 19.8. The minimum absolute atomic E-state index is 0.212. The number of hydrogen-bond acceptors (Lipinski definition) is 5. The maximum Gasteiger partial charge on any atom is 0.323 e. The molecule has 0 saturated carbocycles. The lowest BCUT2D eigenvalue weighted by atomic mass is 10.0. The van der Waals surface area contributed by atoms with Crippen LogP contribution in [-0.4, -0.2) is 29.4 Å². The first-order valence-corrected chi connectivity index (χ1v) is 10.7. The Morgan fingerprint density at radius 1 is 0.879 bits per heavy atom. The average Bonchev–Trinajstić information content (AvgIpc) is 3.06. The molecule has 166 valence electrons. The number of urea groups is 1. The van der Waals surface area contributed by atoms with Gasteiger partial charge in [0.15, 0.2) is 11.5 Å². The van der Waals surface area contributed by atoms with E-state index in [0.29, 0.717) is 47.9 Å². The molecule has 0 fully saturated rings. The first kappa shape index (κ1) is 20.6. The van der Waals surface area contributed by atoms with Gasteiger partial charge in [-0.2, -0.15) is 5.10 Å². The number of H-pyrrole nitrogens is 1. The highest BCUT2D eigenvalue weighted by Crippen LogP contribution is 2.32. The van der Waals surface area contributed by atoms with Gasteiger partial charge in [0.1, 0.15) is 0 Å². The largest absolute Gasteiger partial charge is 0.490 e. The molecule has 8 nitrogen and oxygen atoms in total. The quantitative estimate of drug-likeness (QED) is 0.437. The van der Waals surface area contributed by atoms with Gasteiger partial charge in [-0.15, -0.1) is 0 Å². The van der Waals surface area contributed by atoms with E-state index in [4.69, 9.17) is 9.47 Å². The molecule has 0 aliphatic carbocycles. The number of carbonyl (C=O) groups is 1. The second kappa shape index (κ2) is 9.04. The van der Waals surface area contributed by atoms with Crippen molar-refractivity contribution < 1.29 is 14.3 Å². The number of hydrogen-bond donors (Lipinski definition) is 3. The molecule has 5 rings (SSSR count). The molecule has 2 heterocycles. The Hall–Kier alpha value is -4.33. The van der Waals surface area contributed by atoms with Crippen LogP contribution >= 0.6 is 0 Å². The molecule has 8 heteroatoms. The summed E-state index contributed by atoms with van der Waals surface area (Å²) in [4.78, 5) is 24.6. The van der Waals surface area contributed by atoms with Crippen LogP contribution in [0.3, 0.4) is 0 Å². The molecule has 1 aromatic heterocycles. The fourth-order valence-electron chi connectivity index (χ4n) is 3.79. The van der Waals surface area contributed by atoms with Gasteiger partial charge in [0.25, 0.3) is 5.56 Å². The number of ether oxygens (including phenoxy) is 2. The van der Waals surface area contributed by atoms with Crippen LogP contribution in [-0.2, 0) is 6.42 Å². The highest BCUT2D eigenvalue weighted by molar-refractivity contribution is 6.00. The molecule has 1 aliphatic rings. The van der Waals surface area contributed by atoms with E-state index in [-0.39, 0.29) is 11.6 Å². The Morgan fingerprint density at radius 3 is 2.48 bits per heavy atom. The molecule has 0 saturated heterocycles. The van der Waals surface area contributed by atoms with E-state index in [1.165, 1.54) is 0 Å². The molecule has 1 aliphatic heterocycles. The average molecular weight is 442 g/mol. The molecule has 0 atom stereocenters. The van der Waals surface area contributed by atoms with E-state index in [0.717, 1.165) is 23.1 Å². The maximum atomic E-state index is 12.6. The minimum atomic E-state index is -0.366. The standard InChI is InChI=1S/C25H22N4O4/c30-24-20-8-2-1-7-19(20)21(28-29-24)14-16-5-3-6-17(13-16)26-25(31)27-18-9-10-22-23(15-18)33-12-4-11-32-22/h1-3,5-10,13,15H,4,11-12,14H2,(H,29,30)(H2,26,27,31). The predicted octanol–water partition coefficient (Wildman–Crippen LogP) is 4.32. The number of carbonyl (C=O) groups excluding carboxylic acids is 1. The highest BCUT2D eigenvalue weighted by atomic mass is 16.5. The van der Waals surface area contributed by atoms with Gasteiger partial charge in [-0.05, 0) is 35.9 Å². The summed E-state index contributed by atoms with van der Waals surface area (Å²) in [5.74, 6) is 1.29. The molecule has 33 heavy (non-hydrogen) atoms. The molecule has 0 spiro atoms. The third-order valence-corrected chi connectivity index (χ3v) is 5.34. The highest BCUT2D eigenvalue weighted by Gasteiger charge is 2.12. The lowest BCUT2D eigenvalue weighted by Gasteiger charge is -2.12. The Bertz CT molecular complexity index is 1380. The van der Waals surface area contributed by atoms with Gasteiger partial charge in [0, 0.05) is 35.7 Å². The molecule has 3 aromatic carbocycles. The van der Waals surface area contributed by atoms with Crippen molar-refractivity contribution in [3.63, 3.8) is 0 Å². The SMILES string of the molecule is O=C(Nc1cccc(Cc2n[nH]c(=O)c3ccccc23)c1)Nc1ccc2c(c1)OCCCO2. The minimum Gasteiger partial charge on any atom is -0.490 e. The van der Waals surface area contributed by atoms with Crippen LogP contribution in [0.25, 0.3) is 10.8 Å². The number of amides is 2. The van der Waals surface area contributed by atoms with Gasteiger partial charge in [-0.25, -0.2) is 9.89 Å². The van der Waals surface area contributed by atoms with Crippen molar-refractivity contribution in [1.82, 2.24) is 10.2 Å². The van der Waals surface area contributed by atoms with Crippen molar-refractivity contribution in [3.05, 3.63) is 88.3 Å². The number of fused-ring (bicyclic) bond motifs is 2. The van der Waals surface area contributed by atoms with Crippen molar-refractivity contribution in [3.8, 4) is 11.5 Å². The first-order chi connectivity index (χ1) is 16.2. The zero-order valence-corrected chi connectivity index (χ0v) is 17.8. The van der Waals surface area contributed by atoms with E-state index in [2.05, 4.69) is 20.8 Å². The normalized spacial score (nSPS) is 12.7. The molecule has 3 N–H and O–H groups in total. The molecule has 0 radical (unpaired) electrons. The van der Waals surface area contributed by atoms with Crippen LogP contribution in [0, 0.1) is 0 Å². The van der Waals surface area contributed by atoms with Crippen LogP contribution < -0.4 is 25.7 Å². The number of rotatable bonds is 4. The van der Waals surface area contributed by atoms with E-state index in [1.807, 2.05) is 42.5 Å². The summed E-state index contributed by atoms with van der Waals surface area (Å²) in [6.45, 7) is 1.19. The Balaban J connectivity index is 1.29. The number of benzene rings is 3. The van der Waals surface area contributed by atoms with Crippen molar-refractivity contribution >= 4 is 28.2 Å². The van der Waals surface area contributed by atoms with Gasteiger partial charge in [0.05, 0.1) is 24.3 Å². The monoisotopic (exact) mass is 442 g/mol. The number of nitrogens with one attached hydrogen (secondary N) is 3. The predicted molar refractivity (Wildman–Crippen MR) is 126 cm³/mol. The summed E-state index contributed by atoms with van der Waals surface area (Å²) in [5.41, 5.74) is 2.76. The number of nitrogens with zero attached hydrogens (tertiary/aromatic N) is 1. The van der Waals surface area contributed by atoms with Crippen molar-refractivity contribution in [1.29, 1.82) is 0 Å². The number of aromatic nitrogens is 2. The Labute approximate surface area is 189 Å². The van der Waals surface area contributed by atoms with Gasteiger partial charge in [-0.3, -0.25) is 4.79 Å². The molecule has 0 bridgehead atoms. The van der Waals surface area contributed by atoms with Gasteiger partial charge >= 0.3 is 6.03 Å². The molecule has 0 unspecified atom stereocenters. The second-order valence-electron chi connectivity index (χ2n) is 7.71. The fraction of sp³-hybridized carbons (Fsp3) is 0.160. The summed E-state index contributed by atoms with van der Waals surface area (Å²) in [6.07, 6.45) is 1.33. The van der Waals surface area contributed by atoms with E-state index in [9.17, 15) is 9.59 Å². The lowest BCUT2D eigenvalue weighted by Crippen LogP contribution is -2.19. The maximum absolute atomic E-state index is 12.6. The summed E-state index contributed by atoms with van der Waals surface area (Å²) in [7, 11) is 0. The van der Waals surface area contributed by atoms with Crippen molar-refractivity contribution in [2.24, 2.45) is 0 Å². The molecular weight excluding hydrogens is 420 g/mol. The smallest absolute Gasteiger partial charge is 0.323 e. The second-order valence-corrected chi connectivity index (χ2v) is 7.71. The topological polar surface area (TPSA) is 105 Å². The Morgan fingerprint density at radius 2 is 1.64 bits per heavy atom. The lowest BCUT2D eigenvalue weighted by molar-refractivity contribution is 0.262.